The first-order valence-corrected chi connectivity index (χ1v) is 5.17. The van der Waals surface area contributed by atoms with Crippen molar-refractivity contribution in [3.05, 3.63) is 29.8 Å². The molecule has 0 spiro atoms. The molecule has 1 aromatic rings. The lowest BCUT2D eigenvalue weighted by Gasteiger charge is -2.11. The number of halogens is 3. The largest absolute Gasteiger partial charge is 0.416 e. The number of hydrogen-bond donors (Lipinski definition) is 3. The van der Waals surface area contributed by atoms with Crippen molar-refractivity contribution < 1.29 is 18.3 Å². The second-order valence-electron chi connectivity index (χ2n) is 3.18. The Hall–Kier alpha value is -1.34. The molecular weight excluding hydrogens is 253 g/mol. The molecule has 3 N–H and O–H groups in total. The van der Waals surface area contributed by atoms with Crippen molar-refractivity contribution >= 4 is 23.0 Å². The van der Waals surface area contributed by atoms with Crippen LogP contribution >= 0.6 is 12.2 Å². The quantitative estimate of drug-likeness (QED) is 0.730. The molecule has 1 aromatic carbocycles. The van der Waals surface area contributed by atoms with Crippen LogP contribution in [0.1, 0.15) is 5.56 Å². The monoisotopic (exact) mass is 264 g/mol. The fourth-order valence-corrected chi connectivity index (χ4v) is 1.31. The van der Waals surface area contributed by atoms with Crippen molar-refractivity contribution in [3.8, 4) is 0 Å². The summed E-state index contributed by atoms with van der Waals surface area (Å²) in [4.78, 5) is 0. The van der Waals surface area contributed by atoms with E-state index in [4.69, 9.17) is 17.3 Å². The molecule has 17 heavy (non-hydrogen) atoms. The summed E-state index contributed by atoms with van der Waals surface area (Å²) in [5.41, 5.74) is -0.259. The number of thiocarbonyl (C=S) groups is 1. The fourth-order valence-electron chi connectivity index (χ4n) is 1.09. The number of nitrogens with one attached hydrogen (secondary N) is 2. The fraction of sp³-hybridized carbons (Fsp3) is 0.300. The number of benzene rings is 1. The maximum Gasteiger partial charge on any atom is 0.416 e. The molecule has 0 amide bonds. The van der Waals surface area contributed by atoms with Crippen LogP contribution in [0.2, 0.25) is 0 Å². The summed E-state index contributed by atoms with van der Waals surface area (Å²) in [6.45, 7) is 0.210. The van der Waals surface area contributed by atoms with Gasteiger partial charge in [0.1, 0.15) is 0 Å². The van der Waals surface area contributed by atoms with Crippen molar-refractivity contribution in [2.45, 2.75) is 6.18 Å². The summed E-state index contributed by atoms with van der Waals surface area (Å²) in [6, 6.07) is 4.51. The van der Waals surface area contributed by atoms with E-state index in [0.29, 0.717) is 5.69 Å². The highest BCUT2D eigenvalue weighted by Crippen LogP contribution is 2.29. The first kappa shape index (κ1) is 13.7. The van der Waals surface area contributed by atoms with Gasteiger partial charge in [0, 0.05) is 12.2 Å². The maximum atomic E-state index is 12.3. The SMILES string of the molecule is OCCNC(=S)Nc1ccc(C(F)(F)F)cc1. The average Bonchev–Trinajstić information content (AvgIpc) is 2.26. The molecule has 7 heteroatoms. The Kier molecular flexibility index (Phi) is 4.71. The van der Waals surface area contributed by atoms with Crippen LogP contribution in [-0.4, -0.2) is 23.4 Å². The van der Waals surface area contributed by atoms with E-state index >= 15 is 0 Å². The number of hydrogen-bond acceptors (Lipinski definition) is 2. The van der Waals surface area contributed by atoms with Crippen molar-refractivity contribution in [2.75, 3.05) is 18.5 Å². The topological polar surface area (TPSA) is 44.3 Å². The van der Waals surface area contributed by atoms with E-state index in [1.165, 1.54) is 12.1 Å². The zero-order chi connectivity index (χ0) is 12.9. The molecule has 94 valence electrons. The van der Waals surface area contributed by atoms with Gasteiger partial charge in [-0.15, -0.1) is 0 Å². The molecule has 0 saturated heterocycles. The number of anilines is 1. The Labute approximate surface area is 102 Å². The first-order chi connectivity index (χ1) is 7.93. The third-order valence-electron chi connectivity index (χ3n) is 1.87. The highest BCUT2D eigenvalue weighted by molar-refractivity contribution is 7.80. The normalized spacial score (nSPS) is 11.1. The number of aliphatic hydroxyl groups excluding tert-OH is 1. The van der Waals surface area contributed by atoms with Crippen molar-refractivity contribution in [1.29, 1.82) is 0 Å². The Morgan fingerprint density at radius 3 is 2.29 bits per heavy atom. The molecule has 0 aliphatic rings. The highest BCUT2D eigenvalue weighted by Gasteiger charge is 2.29. The van der Waals surface area contributed by atoms with Crippen molar-refractivity contribution in [2.24, 2.45) is 0 Å². The average molecular weight is 264 g/mol. The second kappa shape index (κ2) is 5.83. The van der Waals surface area contributed by atoms with Gasteiger partial charge in [-0.05, 0) is 36.5 Å². The van der Waals surface area contributed by atoms with E-state index in [-0.39, 0.29) is 18.3 Å². The predicted molar refractivity (Wildman–Crippen MR) is 62.8 cm³/mol. The number of rotatable bonds is 3. The standard InChI is InChI=1S/C10H11F3N2OS/c11-10(12,13)7-1-3-8(4-2-7)15-9(17)14-5-6-16/h1-4,16H,5-6H2,(H2,14,15,17). The molecule has 0 radical (unpaired) electrons. The predicted octanol–water partition coefficient (Wildman–Crippen LogP) is 1.98. The third kappa shape index (κ3) is 4.58. The summed E-state index contributed by atoms with van der Waals surface area (Å²) < 4.78 is 36.8. The van der Waals surface area contributed by atoms with E-state index in [9.17, 15) is 13.2 Å². The molecule has 0 saturated carbocycles. The van der Waals surface area contributed by atoms with Gasteiger partial charge in [0.25, 0.3) is 0 Å². The lowest BCUT2D eigenvalue weighted by Crippen LogP contribution is -2.30. The lowest BCUT2D eigenvalue weighted by molar-refractivity contribution is -0.137. The molecule has 0 atom stereocenters. The molecule has 0 unspecified atom stereocenters. The molecule has 0 bridgehead atoms. The molecule has 0 aliphatic carbocycles. The summed E-state index contributed by atoms with van der Waals surface area (Å²) in [5, 5.41) is 14.2. The van der Waals surface area contributed by atoms with Crippen LogP contribution < -0.4 is 10.6 Å². The van der Waals surface area contributed by atoms with Gasteiger partial charge < -0.3 is 15.7 Å². The van der Waals surface area contributed by atoms with Crippen molar-refractivity contribution in [3.63, 3.8) is 0 Å². The second-order valence-corrected chi connectivity index (χ2v) is 3.59. The van der Waals surface area contributed by atoms with Gasteiger partial charge in [-0.2, -0.15) is 13.2 Å². The summed E-state index contributed by atoms with van der Waals surface area (Å²) in [7, 11) is 0. The molecule has 0 fully saturated rings. The van der Waals surface area contributed by atoms with Gasteiger partial charge >= 0.3 is 6.18 Å². The Balaban J connectivity index is 2.60. The highest BCUT2D eigenvalue weighted by atomic mass is 32.1. The van der Waals surface area contributed by atoms with E-state index in [1.807, 2.05) is 0 Å². The first-order valence-electron chi connectivity index (χ1n) is 4.76. The summed E-state index contributed by atoms with van der Waals surface area (Å²) in [5.74, 6) is 0. The van der Waals surface area contributed by atoms with E-state index < -0.39 is 11.7 Å². The van der Waals surface area contributed by atoms with E-state index in [0.717, 1.165) is 12.1 Å². The third-order valence-corrected chi connectivity index (χ3v) is 2.11. The van der Waals surface area contributed by atoms with Crippen molar-refractivity contribution in [1.82, 2.24) is 5.32 Å². The Morgan fingerprint density at radius 2 is 1.82 bits per heavy atom. The van der Waals surface area contributed by atoms with Crippen LogP contribution in [0.3, 0.4) is 0 Å². The molecule has 0 aromatic heterocycles. The zero-order valence-electron chi connectivity index (χ0n) is 8.71. The van der Waals surface area contributed by atoms with Gasteiger partial charge in [0.05, 0.1) is 12.2 Å². The van der Waals surface area contributed by atoms with Crippen LogP contribution in [0.25, 0.3) is 0 Å². The minimum absolute atomic E-state index is 0.0746. The summed E-state index contributed by atoms with van der Waals surface area (Å²) >= 11 is 4.85. The van der Waals surface area contributed by atoms with Gasteiger partial charge in [0.15, 0.2) is 5.11 Å². The smallest absolute Gasteiger partial charge is 0.395 e. The van der Waals surface area contributed by atoms with Crippen LogP contribution in [0.4, 0.5) is 18.9 Å². The van der Waals surface area contributed by atoms with E-state index in [1.54, 1.807) is 0 Å². The van der Waals surface area contributed by atoms with E-state index in [2.05, 4.69) is 10.6 Å². The molecule has 0 heterocycles. The number of alkyl halides is 3. The molecule has 3 nitrogen and oxygen atoms in total. The van der Waals surface area contributed by atoms with Crippen LogP contribution in [0, 0.1) is 0 Å². The molecular formula is C10H11F3N2OS. The number of aliphatic hydroxyl groups is 1. The maximum absolute atomic E-state index is 12.3. The molecule has 1 rings (SSSR count). The Bertz CT molecular complexity index is 378. The van der Waals surface area contributed by atoms with Gasteiger partial charge in [0.2, 0.25) is 0 Å². The minimum atomic E-state index is -4.34. The van der Waals surface area contributed by atoms with Gasteiger partial charge in [-0.1, -0.05) is 0 Å². The van der Waals surface area contributed by atoms with Gasteiger partial charge in [-0.3, -0.25) is 0 Å². The van der Waals surface area contributed by atoms with Crippen LogP contribution in [-0.2, 0) is 6.18 Å². The van der Waals surface area contributed by atoms with Crippen LogP contribution in [0.5, 0.6) is 0 Å². The summed E-state index contributed by atoms with van der Waals surface area (Å²) in [6.07, 6.45) is -4.34. The van der Waals surface area contributed by atoms with Crippen LogP contribution in [0.15, 0.2) is 24.3 Å². The zero-order valence-corrected chi connectivity index (χ0v) is 9.53. The Morgan fingerprint density at radius 1 is 1.24 bits per heavy atom. The molecule has 0 aliphatic heterocycles. The van der Waals surface area contributed by atoms with Gasteiger partial charge in [-0.25, -0.2) is 0 Å². The lowest BCUT2D eigenvalue weighted by atomic mass is 10.2. The minimum Gasteiger partial charge on any atom is -0.395 e.